The van der Waals surface area contributed by atoms with Crippen LogP contribution in [0.1, 0.15) is 35.7 Å². The van der Waals surface area contributed by atoms with Gasteiger partial charge in [0.2, 0.25) is 18.7 Å². The van der Waals surface area contributed by atoms with E-state index >= 15 is 0 Å². The summed E-state index contributed by atoms with van der Waals surface area (Å²) >= 11 is 0. The van der Waals surface area contributed by atoms with Crippen LogP contribution in [0.25, 0.3) is 0 Å². The van der Waals surface area contributed by atoms with E-state index in [0.29, 0.717) is 24.0 Å². The molecule has 1 atom stereocenters. The Labute approximate surface area is 141 Å². The molecule has 1 aromatic carbocycles. The number of nitrogens with one attached hydrogen (secondary N) is 1. The molecule has 7 heteroatoms. The average molecular weight is 333 g/mol. The number of carbonyl (C=O) groups excluding carboxylic acids is 4. The van der Waals surface area contributed by atoms with Crippen LogP contribution in [0.3, 0.4) is 0 Å². The number of imide groups is 2. The molecule has 0 saturated carbocycles. The fourth-order valence-corrected chi connectivity index (χ4v) is 2.57. The normalized spacial score (nSPS) is 11.3. The molecule has 1 rings (SSSR count). The van der Waals surface area contributed by atoms with Crippen LogP contribution in [-0.2, 0) is 14.4 Å². The molecule has 130 valence electrons. The Morgan fingerprint density at radius 2 is 1.92 bits per heavy atom. The highest BCUT2D eigenvalue weighted by Crippen LogP contribution is 2.23. The number of amides is 4. The summed E-state index contributed by atoms with van der Waals surface area (Å²) in [5.74, 6) is -1.24. The Morgan fingerprint density at radius 1 is 1.25 bits per heavy atom. The van der Waals surface area contributed by atoms with Gasteiger partial charge in [0, 0.05) is 25.3 Å². The molecule has 1 unspecified atom stereocenters. The lowest BCUT2D eigenvalue weighted by molar-refractivity contribution is -0.133. The van der Waals surface area contributed by atoms with E-state index in [1.54, 1.807) is 19.1 Å². The molecule has 4 amide bonds. The van der Waals surface area contributed by atoms with Crippen molar-refractivity contribution in [1.82, 2.24) is 10.2 Å². The van der Waals surface area contributed by atoms with Gasteiger partial charge in [-0.15, -0.1) is 0 Å². The van der Waals surface area contributed by atoms with Crippen molar-refractivity contribution in [2.45, 2.75) is 32.7 Å². The maximum absolute atomic E-state index is 12.8. The summed E-state index contributed by atoms with van der Waals surface area (Å²) < 4.78 is 0. The average Bonchev–Trinajstić information content (AvgIpc) is 2.54. The van der Waals surface area contributed by atoms with Crippen molar-refractivity contribution in [2.75, 3.05) is 19.0 Å². The van der Waals surface area contributed by atoms with E-state index in [1.165, 1.54) is 0 Å². The molecule has 24 heavy (non-hydrogen) atoms. The molecule has 0 aliphatic heterocycles. The molecule has 0 bridgehead atoms. The van der Waals surface area contributed by atoms with Gasteiger partial charge < -0.3 is 4.90 Å². The zero-order valence-electron chi connectivity index (χ0n) is 14.4. The molecular formula is C17H23N3O4. The molecule has 0 saturated heterocycles. The van der Waals surface area contributed by atoms with E-state index in [9.17, 15) is 19.2 Å². The molecule has 1 N–H and O–H groups in total. The quantitative estimate of drug-likeness (QED) is 0.720. The second-order valence-electron chi connectivity index (χ2n) is 5.59. The topological polar surface area (TPSA) is 86.8 Å². The Bertz CT molecular complexity index is 628. The molecule has 0 heterocycles. The molecule has 1 aromatic rings. The van der Waals surface area contributed by atoms with Gasteiger partial charge in [0.05, 0.1) is 0 Å². The third kappa shape index (κ3) is 4.18. The van der Waals surface area contributed by atoms with Gasteiger partial charge in [-0.2, -0.15) is 0 Å². The molecule has 0 aromatic heterocycles. The highest BCUT2D eigenvalue weighted by molar-refractivity contribution is 6.05. The number of hydrogen-bond donors (Lipinski definition) is 1. The number of nitrogens with zero attached hydrogens (tertiary/aromatic N) is 2. The number of rotatable bonds is 8. The van der Waals surface area contributed by atoms with Crippen LogP contribution < -0.4 is 10.2 Å². The predicted octanol–water partition coefficient (Wildman–Crippen LogP) is 1.10. The molecule has 0 fully saturated rings. The summed E-state index contributed by atoms with van der Waals surface area (Å²) in [5.41, 5.74) is 1.90. The summed E-state index contributed by atoms with van der Waals surface area (Å²) in [6, 6.07) is 4.17. The monoisotopic (exact) mass is 333 g/mol. The van der Waals surface area contributed by atoms with Crippen molar-refractivity contribution in [3.63, 3.8) is 0 Å². The minimum Gasteiger partial charge on any atom is -0.377 e. The molecule has 0 spiro atoms. The first-order valence-electron chi connectivity index (χ1n) is 7.67. The largest absolute Gasteiger partial charge is 0.377 e. The number of hydrogen-bond acceptors (Lipinski definition) is 5. The molecule has 0 aliphatic rings. The fraction of sp³-hybridized carbons (Fsp3) is 0.412. The summed E-state index contributed by atoms with van der Waals surface area (Å²) in [7, 11) is 3.71. The van der Waals surface area contributed by atoms with E-state index in [0.717, 1.165) is 10.6 Å². The zero-order chi connectivity index (χ0) is 18.3. The van der Waals surface area contributed by atoms with Gasteiger partial charge in [-0.05, 0) is 31.0 Å². The zero-order valence-corrected chi connectivity index (χ0v) is 14.4. The van der Waals surface area contributed by atoms with E-state index in [-0.39, 0.29) is 12.8 Å². The molecule has 0 radical (unpaired) electrons. The molecule has 7 nitrogen and oxygen atoms in total. The van der Waals surface area contributed by atoms with Crippen molar-refractivity contribution >= 4 is 30.3 Å². The van der Waals surface area contributed by atoms with Crippen LogP contribution in [0, 0.1) is 6.92 Å². The van der Waals surface area contributed by atoms with Crippen LogP contribution in [0.15, 0.2) is 18.2 Å². The first-order valence-corrected chi connectivity index (χ1v) is 7.67. The highest BCUT2D eigenvalue weighted by Gasteiger charge is 2.30. The van der Waals surface area contributed by atoms with Gasteiger partial charge in [0.15, 0.2) is 0 Å². The van der Waals surface area contributed by atoms with Crippen molar-refractivity contribution in [3.8, 4) is 0 Å². The predicted molar refractivity (Wildman–Crippen MR) is 90.6 cm³/mol. The SMILES string of the molecule is CCCC(C(=O)NC=O)N(C=O)C(=O)c1cccc(N(C)C)c1C. The first kappa shape index (κ1) is 19.3. The van der Waals surface area contributed by atoms with Crippen molar-refractivity contribution < 1.29 is 19.2 Å². The van der Waals surface area contributed by atoms with E-state index in [2.05, 4.69) is 0 Å². The highest BCUT2D eigenvalue weighted by atomic mass is 16.2. The van der Waals surface area contributed by atoms with Gasteiger partial charge in [-0.3, -0.25) is 29.4 Å². The molecular weight excluding hydrogens is 310 g/mol. The fourth-order valence-electron chi connectivity index (χ4n) is 2.57. The van der Waals surface area contributed by atoms with Crippen LogP contribution in [0.2, 0.25) is 0 Å². The summed E-state index contributed by atoms with van der Waals surface area (Å²) in [6.45, 7) is 3.61. The second kappa shape index (κ2) is 8.81. The van der Waals surface area contributed by atoms with Gasteiger partial charge in [-0.25, -0.2) is 0 Å². The van der Waals surface area contributed by atoms with Crippen LogP contribution in [-0.4, -0.2) is 49.7 Å². The standard InChI is InChI=1S/C17H23N3O4/c1-5-7-15(16(23)18-10-21)20(11-22)17(24)13-8-6-9-14(12(13)2)19(3)4/h6,8-11,15H,5,7H2,1-4H3,(H,18,21,23). The van der Waals surface area contributed by atoms with Crippen molar-refractivity contribution in [2.24, 2.45) is 0 Å². The Morgan fingerprint density at radius 3 is 2.42 bits per heavy atom. The third-order valence-electron chi connectivity index (χ3n) is 3.77. The first-order chi connectivity index (χ1) is 11.4. The number of benzene rings is 1. The third-order valence-corrected chi connectivity index (χ3v) is 3.77. The Hall–Kier alpha value is -2.70. The summed E-state index contributed by atoms with van der Waals surface area (Å²) in [5, 5.41) is 2.02. The van der Waals surface area contributed by atoms with Gasteiger partial charge >= 0.3 is 0 Å². The maximum Gasteiger partial charge on any atom is 0.261 e. The number of carbonyl (C=O) groups is 4. The lowest BCUT2D eigenvalue weighted by Crippen LogP contribution is -2.49. The molecule has 0 aliphatic carbocycles. The lowest BCUT2D eigenvalue weighted by atomic mass is 10.0. The smallest absolute Gasteiger partial charge is 0.261 e. The summed E-state index contributed by atoms with van der Waals surface area (Å²) in [4.78, 5) is 49.6. The Kier molecular flexibility index (Phi) is 7.10. The Balaban J connectivity index is 3.26. The van der Waals surface area contributed by atoms with E-state index in [4.69, 9.17) is 0 Å². The summed E-state index contributed by atoms with van der Waals surface area (Å²) in [6.07, 6.45) is 1.44. The van der Waals surface area contributed by atoms with E-state index < -0.39 is 17.9 Å². The van der Waals surface area contributed by atoms with Gasteiger partial charge in [0.25, 0.3) is 5.91 Å². The van der Waals surface area contributed by atoms with Crippen molar-refractivity contribution in [3.05, 3.63) is 29.3 Å². The van der Waals surface area contributed by atoms with Gasteiger partial charge in [0.1, 0.15) is 6.04 Å². The van der Waals surface area contributed by atoms with Crippen LogP contribution >= 0.6 is 0 Å². The second-order valence-corrected chi connectivity index (χ2v) is 5.59. The number of anilines is 1. The van der Waals surface area contributed by atoms with Crippen LogP contribution in [0.5, 0.6) is 0 Å². The van der Waals surface area contributed by atoms with Gasteiger partial charge in [-0.1, -0.05) is 19.4 Å². The van der Waals surface area contributed by atoms with E-state index in [1.807, 2.05) is 37.3 Å². The maximum atomic E-state index is 12.8. The van der Waals surface area contributed by atoms with Crippen LogP contribution in [0.4, 0.5) is 5.69 Å². The minimum atomic E-state index is -1.02. The lowest BCUT2D eigenvalue weighted by Gasteiger charge is -2.26. The van der Waals surface area contributed by atoms with Crippen molar-refractivity contribution in [1.29, 1.82) is 0 Å². The minimum absolute atomic E-state index is 0.246.